The normalized spacial score (nSPS) is 15.1. The number of carbonyl (C=O) groups excluding carboxylic acids is 1. The second kappa shape index (κ2) is 10.2. The average Bonchev–Trinajstić information content (AvgIpc) is 3.24. The Kier molecular flexibility index (Phi) is 7.12. The van der Waals surface area contributed by atoms with E-state index >= 15 is 0 Å². The number of hydrogen-bond acceptors (Lipinski definition) is 7. The maximum atomic E-state index is 13.5. The molecule has 0 fully saturated rings. The molecule has 1 atom stereocenters. The summed E-state index contributed by atoms with van der Waals surface area (Å²) in [6, 6.07) is 14.5. The van der Waals surface area contributed by atoms with Crippen LogP contribution >= 0.6 is 11.8 Å². The smallest absolute Gasteiger partial charge is 0.255 e. The Morgan fingerprint density at radius 3 is 2.29 bits per heavy atom. The van der Waals surface area contributed by atoms with Crippen LogP contribution in [0.25, 0.3) is 0 Å². The number of hydrogen-bond donors (Lipinski definition) is 2. The molecule has 0 unspecified atom stereocenters. The Hall–Kier alpha value is -3.46. The number of allylic oxidation sites excluding steroid dienone is 1. The molecule has 0 saturated carbocycles. The van der Waals surface area contributed by atoms with Crippen molar-refractivity contribution in [2.75, 3.05) is 30.6 Å². The molecule has 3 aromatic rings. The monoisotopic (exact) mass is 479 g/mol. The number of benzene rings is 2. The van der Waals surface area contributed by atoms with E-state index in [2.05, 4.69) is 29.5 Å². The predicted molar refractivity (Wildman–Crippen MR) is 135 cm³/mol. The van der Waals surface area contributed by atoms with Gasteiger partial charge in [0.15, 0.2) is 0 Å². The van der Waals surface area contributed by atoms with Gasteiger partial charge in [0, 0.05) is 17.1 Å². The fourth-order valence-electron chi connectivity index (χ4n) is 3.70. The van der Waals surface area contributed by atoms with Crippen LogP contribution in [-0.2, 0) is 4.79 Å². The van der Waals surface area contributed by atoms with E-state index in [4.69, 9.17) is 14.6 Å². The summed E-state index contributed by atoms with van der Waals surface area (Å²) in [5.41, 5.74) is 2.89. The predicted octanol–water partition coefficient (Wildman–Crippen LogP) is 4.97. The van der Waals surface area contributed by atoms with Gasteiger partial charge in [-0.05, 0) is 54.8 Å². The van der Waals surface area contributed by atoms with E-state index in [-0.39, 0.29) is 5.91 Å². The molecule has 0 spiro atoms. The Balaban J connectivity index is 1.71. The summed E-state index contributed by atoms with van der Waals surface area (Å²) in [7, 11) is 3.24. The fraction of sp³-hybridized carbons (Fsp3) is 0.320. The number of ether oxygens (including phenoxy) is 2. The van der Waals surface area contributed by atoms with Crippen molar-refractivity contribution >= 4 is 29.3 Å². The lowest BCUT2D eigenvalue weighted by atomic mass is 9.95. The van der Waals surface area contributed by atoms with Crippen molar-refractivity contribution in [3.8, 4) is 11.5 Å². The molecule has 9 heteroatoms. The molecule has 0 aliphatic carbocycles. The van der Waals surface area contributed by atoms with Crippen molar-refractivity contribution in [3.05, 3.63) is 65.4 Å². The molecule has 2 aromatic carbocycles. The lowest BCUT2D eigenvalue weighted by Crippen LogP contribution is -2.31. The van der Waals surface area contributed by atoms with Crippen LogP contribution in [0, 0.1) is 5.92 Å². The van der Waals surface area contributed by atoms with Gasteiger partial charge in [-0.1, -0.05) is 37.7 Å². The largest absolute Gasteiger partial charge is 0.497 e. The third-order valence-corrected chi connectivity index (χ3v) is 6.67. The second-order valence-corrected chi connectivity index (χ2v) is 9.38. The van der Waals surface area contributed by atoms with Crippen LogP contribution in [0.5, 0.6) is 11.5 Å². The van der Waals surface area contributed by atoms with Crippen molar-refractivity contribution in [3.63, 3.8) is 0 Å². The summed E-state index contributed by atoms with van der Waals surface area (Å²) in [6.45, 7) is 6.21. The van der Waals surface area contributed by atoms with Gasteiger partial charge in [-0.3, -0.25) is 4.79 Å². The number of anilines is 2. The molecule has 1 aliphatic heterocycles. The van der Waals surface area contributed by atoms with Crippen molar-refractivity contribution < 1.29 is 14.3 Å². The van der Waals surface area contributed by atoms with Gasteiger partial charge in [0.25, 0.3) is 5.91 Å². The zero-order valence-electron chi connectivity index (χ0n) is 20.0. The van der Waals surface area contributed by atoms with Crippen molar-refractivity contribution in [2.24, 2.45) is 5.92 Å². The topological polar surface area (TPSA) is 90.3 Å². The van der Waals surface area contributed by atoms with Crippen LogP contribution in [0.15, 0.2) is 65.0 Å². The number of thioether (sulfide) groups is 1. The molecule has 8 nitrogen and oxygen atoms in total. The van der Waals surface area contributed by atoms with E-state index in [1.54, 1.807) is 30.7 Å². The fourth-order valence-corrected chi connectivity index (χ4v) is 4.47. The van der Waals surface area contributed by atoms with E-state index in [0.717, 1.165) is 28.5 Å². The number of amides is 1. The Morgan fingerprint density at radius 1 is 1.09 bits per heavy atom. The third-order valence-electron chi connectivity index (χ3n) is 5.40. The van der Waals surface area contributed by atoms with Gasteiger partial charge in [-0.25, -0.2) is 4.68 Å². The molecule has 0 saturated heterocycles. The number of nitrogens with zero attached hydrogens (tertiary/aromatic N) is 3. The van der Waals surface area contributed by atoms with Crippen LogP contribution in [0.2, 0.25) is 0 Å². The molecule has 2 N–H and O–H groups in total. The second-order valence-electron chi connectivity index (χ2n) is 8.39. The quantitative estimate of drug-likeness (QED) is 0.441. The first-order valence-corrected chi connectivity index (χ1v) is 12.0. The Labute approximate surface area is 203 Å². The number of rotatable bonds is 8. The van der Waals surface area contributed by atoms with Crippen molar-refractivity contribution in [1.29, 1.82) is 0 Å². The number of methoxy groups -OCH3 is 2. The first-order chi connectivity index (χ1) is 16.4. The number of nitrogens with one attached hydrogen (secondary N) is 2. The van der Waals surface area contributed by atoms with Gasteiger partial charge in [0.05, 0.1) is 19.8 Å². The Bertz CT molecular complexity index is 1190. The van der Waals surface area contributed by atoms with Crippen LogP contribution in [0.4, 0.5) is 11.6 Å². The summed E-state index contributed by atoms with van der Waals surface area (Å²) >= 11 is 1.61. The van der Waals surface area contributed by atoms with E-state index in [0.29, 0.717) is 28.3 Å². The Morgan fingerprint density at radius 2 is 1.71 bits per heavy atom. The SMILES string of the molecule is COc1ccc(NC(=O)C2=C(C)Nc3nc(SCC(C)C)nn3[C@@H]2c2ccc(OC)cc2)cc1. The van der Waals surface area contributed by atoms with Gasteiger partial charge in [0.1, 0.15) is 17.5 Å². The van der Waals surface area contributed by atoms with Crippen LogP contribution in [-0.4, -0.2) is 40.6 Å². The molecule has 178 valence electrons. The average molecular weight is 480 g/mol. The van der Waals surface area contributed by atoms with E-state index in [1.165, 1.54) is 0 Å². The molecule has 1 aliphatic rings. The zero-order chi connectivity index (χ0) is 24.2. The number of fused-ring (bicyclic) bond motifs is 1. The number of carbonyl (C=O) groups is 1. The van der Waals surface area contributed by atoms with Gasteiger partial charge in [0.2, 0.25) is 11.1 Å². The first kappa shape index (κ1) is 23.7. The van der Waals surface area contributed by atoms with Crippen LogP contribution in [0.1, 0.15) is 32.4 Å². The molecule has 0 radical (unpaired) electrons. The molecule has 34 heavy (non-hydrogen) atoms. The van der Waals surface area contributed by atoms with E-state index in [1.807, 2.05) is 55.5 Å². The minimum Gasteiger partial charge on any atom is -0.497 e. The van der Waals surface area contributed by atoms with Gasteiger partial charge >= 0.3 is 0 Å². The van der Waals surface area contributed by atoms with Crippen molar-refractivity contribution in [1.82, 2.24) is 14.8 Å². The maximum absolute atomic E-state index is 13.5. The molecule has 4 rings (SSSR count). The van der Waals surface area contributed by atoms with Gasteiger partial charge in [-0.2, -0.15) is 4.98 Å². The van der Waals surface area contributed by atoms with Crippen LogP contribution in [0.3, 0.4) is 0 Å². The van der Waals surface area contributed by atoms with Gasteiger partial charge < -0.3 is 20.1 Å². The third kappa shape index (κ3) is 5.04. The molecule has 1 aromatic heterocycles. The molecule has 1 amide bonds. The highest BCUT2D eigenvalue weighted by Crippen LogP contribution is 2.37. The lowest BCUT2D eigenvalue weighted by molar-refractivity contribution is -0.113. The molecular weight excluding hydrogens is 450 g/mol. The van der Waals surface area contributed by atoms with Crippen LogP contribution < -0.4 is 20.1 Å². The summed E-state index contributed by atoms with van der Waals surface area (Å²) in [5, 5.41) is 11.7. The summed E-state index contributed by atoms with van der Waals surface area (Å²) in [5.74, 6) is 3.30. The highest BCUT2D eigenvalue weighted by Gasteiger charge is 2.34. The molecular formula is C25H29N5O3S. The maximum Gasteiger partial charge on any atom is 0.255 e. The number of aromatic nitrogens is 3. The molecule has 2 heterocycles. The summed E-state index contributed by atoms with van der Waals surface area (Å²) < 4.78 is 12.3. The highest BCUT2D eigenvalue weighted by atomic mass is 32.2. The standard InChI is InChI=1S/C25H29N5O3S/c1-15(2)14-34-25-28-24-26-16(3)21(23(31)27-18-8-12-20(33-5)13-9-18)22(30(24)29-25)17-6-10-19(32-4)11-7-17/h6-13,15,22H,14H2,1-5H3,(H,27,31)(H,26,28,29)/t22-/m1/s1. The van der Waals surface area contributed by atoms with E-state index in [9.17, 15) is 4.79 Å². The summed E-state index contributed by atoms with van der Waals surface area (Å²) in [4.78, 5) is 18.2. The summed E-state index contributed by atoms with van der Waals surface area (Å²) in [6.07, 6.45) is 0. The highest BCUT2D eigenvalue weighted by molar-refractivity contribution is 7.99. The zero-order valence-corrected chi connectivity index (χ0v) is 20.8. The van der Waals surface area contributed by atoms with E-state index < -0.39 is 6.04 Å². The van der Waals surface area contributed by atoms with Gasteiger partial charge in [-0.15, -0.1) is 5.10 Å². The lowest BCUT2D eigenvalue weighted by Gasteiger charge is -2.28. The minimum atomic E-state index is -0.443. The first-order valence-electron chi connectivity index (χ1n) is 11.1. The molecule has 0 bridgehead atoms. The minimum absolute atomic E-state index is 0.214. The van der Waals surface area contributed by atoms with Crippen molar-refractivity contribution in [2.45, 2.75) is 32.0 Å².